The largest absolute Gasteiger partial charge is 0.319 e. The molecule has 1 amide bonds. The van der Waals surface area contributed by atoms with Gasteiger partial charge in [0, 0.05) is 37.2 Å². The van der Waals surface area contributed by atoms with E-state index in [0.717, 1.165) is 36.2 Å². The molecule has 4 heteroatoms. The number of carbonyl (C=O) groups excluding carboxylic acids is 2. The van der Waals surface area contributed by atoms with E-state index in [1.807, 2.05) is 37.1 Å². The van der Waals surface area contributed by atoms with Crippen LogP contribution < -0.4 is 10.2 Å². The van der Waals surface area contributed by atoms with Crippen LogP contribution >= 0.6 is 0 Å². The van der Waals surface area contributed by atoms with Gasteiger partial charge in [-0.3, -0.25) is 9.59 Å². The molecule has 1 heterocycles. The number of rotatable bonds is 6. The van der Waals surface area contributed by atoms with E-state index in [-0.39, 0.29) is 11.7 Å². The highest BCUT2D eigenvalue weighted by Crippen LogP contribution is 2.29. The molecule has 108 valence electrons. The standard InChI is InChI=1S/C16H22N2O2/c1-3-4-16(20)18-10-8-12-11-13(5-6-14(12)18)15(19)7-9-17-2/h5-6,11,17H,3-4,7-10H2,1-2H3. The molecule has 4 nitrogen and oxygen atoms in total. The molecule has 0 atom stereocenters. The highest BCUT2D eigenvalue weighted by Gasteiger charge is 2.24. The second-order valence-corrected chi connectivity index (χ2v) is 5.17. The summed E-state index contributed by atoms with van der Waals surface area (Å²) < 4.78 is 0. The molecule has 1 N–H and O–H groups in total. The zero-order valence-electron chi connectivity index (χ0n) is 12.2. The maximum absolute atomic E-state index is 12.0. The van der Waals surface area contributed by atoms with Crippen LogP contribution in [0, 0.1) is 0 Å². The zero-order valence-corrected chi connectivity index (χ0v) is 12.2. The van der Waals surface area contributed by atoms with Crippen molar-refractivity contribution in [2.45, 2.75) is 32.6 Å². The number of nitrogens with zero attached hydrogens (tertiary/aromatic N) is 1. The number of carbonyl (C=O) groups is 2. The van der Waals surface area contributed by atoms with E-state index in [9.17, 15) is 9.59 Å². The summed E-state index contributed by atoms with van der Waals surface area (Å²) in [6.45, 7) is 3.44. The van der Waals surface area contributed by atoms with Gasteiger partial charge in [-0.15, -0.1) is 0 Å². The summed E-state index contributed by atoms with van der Waals surface area (Å²) in [5.74, 6) is 0.334. The van der Waals surface area contributed by atoms with Gasteiger partial charge in [0.05, 0.1) is 0 Å². The Morgan fingerprint density at radius 2 is 2.10 bits per heavy atom. The molecule has 0 saturated heterocycles. The Morgan fingerprint density at radius 1 is 1.30 bits per heavy atom. The number of nitrogens with one attached hydrogen (secondary N) is 1. The first-order chi connectivity index (χ1) is 9.67. The molecule has 0 aromatic heterocycles. The Bertz CT molecular complexity index is 511. The van der Waals surface area contributed by atoms with Gasteiger partial charge in [0.15, 0.2) is 5.78 Å². The summed E-state index contributed by atoms with van der Waals surface area (Å²) in [6.07, 6.45) is 2.80. The molecule has 0 bridgehead atoms. The summed E-state index contributed by atoms with van der Waals surface area (Å²) in [7, 11) is 1.84. The number of amides is 1. The van der Waals surface area contributed by atoms with Crippen LogP contribution in [0.4, 0.5) is 5.69 Å². The molecule has 0 unspecified atom stereocenters. The number of ketones is 1. The molecule has 0 spiro atoms. The molecule has 20 heavy (non-hydrogen) atoms. The average molecular weight is 274 g/mol. The fraction of sp³-hybridized carbons (Fsp3) is 0.500. The van der Waals surface area contributed by atoms with Crippen LogP contribution in [0.15, 0.2) is 18.2 Å². The van der Waals surface area contributed by atoms with Gasteiger partial charge in [0.2, 0.25) is 5.91 Å². The topological polar surface area (TPSA) is 49.4 Å². The lowest BCUT2D eigenvalue weighted by Crippen LogP contribution is -2.28. The molecule has 0 radical (unpaired) electrons. The quantitative estimate of drug-likeness (QED) is 0.809. The molecular formula is C16H22N2O2. The van der Waals surface area contributed by atoms with Crippen LogP contribution in [0.1, 0.15) is 42.1 Å². The first kappa shape index (κ1) is 14.7. The van der Waals surface area contributed by atoms with Crippen molar-refractivity contribution in [3.63, 3.8) is 0 Å². The van der Waals surface area contributed by atoms with Crippen molar-refractivity contribution in [2.24, 2.45) is 0 Å². The van der Waals surface area contributed by atoms with Gasteiger partial charge in [0.1, 0.15) is 0 Å². The third-order valence-electron chi connectivity index (χ3n) is 3.66. The van der Waals surface area contributed by atoms with Crippen molar-refractivity contribution in [3.05, 3.63) is 29.3 Å². The number of hydrogen-bond donors (Lipinski definition) is 1. The van der Waals surface area contributed by atoms with Gasteiger partial charge in [-0.2, -0.15) is 0 Å². The van der Waals surface area contributed by atoms with Gasteiger partial charge in [-0.05, 0) is 43.7 Å². The lowest BCUT2D eigenvalue weighted by molar-refractivity contribution is -0.118. The summed E-state index contributed by atoms with van der Waals surface area (Å²) in [6, 6.07) is 5.71. The van der Waals surface area contributed by atoms with E-state index in [1.54, 1.807) is 0 Å². The van der Waals surface area contributed by atoms with Crippen molar-refractivity contribution in [1.29, 1.82) is 0 Å². The minimum absolute atomic E-state index is 0.153. The Labute approximate surface area is 120 Å². The second-order valence-electron chi connectivity index (χ2n) is 5.17. The monoisotopic (exact) mass is 274 g/mol. The van der Waals surface area contributed by atoms with Crippen molar-refractivity contribution in [3.8, 4) is 0 Å². The summed E-state index contributed by atoms with van der Waals surface area (Å²) in [5, 5.41) is 2.98. The fourth-order valence-corrected chi connectivity index (χ4v) is 2.57. The van der Waals surface area contributed by atoms with Crippen molar-refractivity contribution in [2.75, 3.05) is 25.0 Å². The van der Waals surface area contributed by atoms with Gasteiger partial charge in [-0.25, -0.2) is 0 Å². The van der Waals surface area contributed by atoms with E-state index >= 15 is 0 Å². The zero-order chi connectivity index (χ0) is 14.5. The predicted octanol–water partition coefficient (Wildman–Crippen LogP) is 2.17. The molecule has 0 fully saturated rings. The Kier molecular flexibility index (Phi) is 4.90. The number of fused-ring (bicyclic) bond motifs is 1. The molecule has 1 aliphatic rings. The highest BCUT2D eigenvalue weighted by atomic mass is 16.2. The minimum atomic E-state index is 0.153. The third-order valence-corrected chi connectivity index (χ3v) is 3.66. The smallest absolute Gasteiger partial charge is 0.226 e. The third kappa shape index (κ3) is 3.07. The van der Waals surface area contributed by atoms with E-state index in [1.165, 1.54) is 0 Å². The van der Waals surface area contributed by atoms with E-state index in [4.69, 9.17) is 0 Å². The van der Waals surface area contributed by atoms with Crippen LogP contribution in [0.25, 0.3) is 0 Å². The molecule has 0 aliphatic carbocycles. The number of Topliss-reactive ketones (excluding diaryl/α,β-unsaturated/α-hetero) is 1. The van der Waals surface area contributed by atoms with Crippen molar-refractivity contribution in [1.82, 2.24) is 5.32 Å². The van der Waals surface area contributed by atoms with E-state index in [0.29, 0.717) is 19.4 Å². The first-order valence-electron chi connectivity index (χ1n) is 7.28. The SMILES string of the molecule is CCCC(=O)N1CCc2cc(C(=O)CCNC)ccc21. The predicted molar refractivity (Wildman–Crippen MR) is 80.3 cm³/mol. The minimum Gasteiger partial charge on any atom is -0.319 e. The van der Waals surface area contributed by atoms with Crippen molar-refractivity contribution >= 4 is 17.4 Å². The molecule has 0 saturated carbocycles. The first-order valence-corrected chi connectivity index (χ1v) is 7.28. The van der Waals surface area contributed by atoms with Crippen molar-refractivity contribution < 1.29 is 9.59 Å². The average Bonchev–Trinajstić information content (AvgIpc) is 2.88. The lowest BCUT2D eigenvalue weighted by atomic mass is 10.0. The number of hydrogen-bond acceptors (Lipinski definition) is 3. The summed E-state index contributed by atoms with van der Waals surface area (Å²) in [4.78, 5) is 25.9. The Morgan fingerprint density at radius 3 is 2.80 bits per heavy atom. The lowest BCUT2D eigenvalue weighted by Gasteiger charge is -2.17. The van der Waals surface area contributed by atoms with Crippen LogP contribution in [-0.4, -0.2) is 31.8 Å². The highest BCUT2D eigenvalue weighted by molar-refractivity contribution is 5.99. The molecule has 1 aromatic rings. The maximum atomic E-state index is 12.0. The van der Waals surface area contributed by atoms with Crippen LogP contribution in [0.2, 0.25) is 0 Å². The molecule has 2 rings (SSSR count). The van der Waals surface area contributed by atoms with Crippen LogP contribution in [-0.2, 0) is 11.2 Å². The van der Waals surface area contributed by atoms with Gasteiger partial charge in [0.25, 0.3) is 0 Å². The summed E-state index contributed by atoms with van der Waals surface area (Å²) in [5.41, 5.74) is 2.85. The van der Waals surface area contributed by atoms with E-state index < -0.39 is 0 Å². The summed E-state index contributed by atoms with van der Waals surface area (Å²) >= 11 is 0. The van der Waals surface area contributed by atoms with Gasteiger partial charge < -0.3 is 10.2 Å². The fourth-order valence-electron chi connectivity index (χ4n) is 2.57. The molecule has 1 aromatic carbocycles. The molecular weight excluding hydrogens is 252 g/mol. The Balaban J connectivity index is 2.14. The van der Waals surface area contributed by atoms with Gasteiger partial charge in [-0.1, -0.05) is 6.92 Å². The van der Waals surface area contributed by atoms with E-state index in [2.05, 4.69) is 5.32 Å². The van der Waals surface area contributed by atoms with Crippen LogP contribution in [0.5, 0.6) is 0 Å². The number of benzene rings is 1. The van der Waals surface area contributed by atoms with Gasteiger partial charge >= 0.3 is 0 Å². The van der Waals surface area contributed by atoms with Crippen LogP contribution in [0.3, 0.4) is 0 Å². The Hall–Kier alpha value is -1.68. The molecule has 1 aliphatic heterocycles. The maximum Gasteiger partial charge on any atom is 0.226 e. The number of anilines is 1. The normalized spacial score (nSPS) is 13.4. The second kappa shape index (κ2) is 6.66.